The molecule has 3 heterocycles. The molecule has 0 aliphatic carbocycles. The Morgan fingerprint density at radius 3 is 2.95 bits per heavy atom. The van der Waals surface area contributed by atoms with E-state index in [4.69, 9.17) is 0 Å². The number of aromatic nitrogens is 6. The van der Waals surface area contributed by atoms with E-state index in [2.05, 4.69) is 32.4 Å². The molecule has 3 rings (SSSR count). The van der Waals surface area contributed by atoms with Crippen molar-refractivity contribution in [1.82, 2.24) is 29.5 Å². The van der Waals surface area contributed by atoms with Crippen LogP contribution in [0.3, 0.4) is 0 Å². The number of rotatable bonds is 4. The van der Waals surface area contributed by atoms with E-state index in [-0.39, 0.29) is 0 Å². The first-order chi connectivity index (χ1) is 9.17. The highest BCUT2D eigenvalue weighted by Crippen LogP contribution is 2.29. The second-order valence-corrected chi connectivity index (χ2v) is 5.34. The van der Waals surface area contributed by atoms with Gasteiger partial charge in [-0.2, -0.15) is 10.1 Å². The fourth-order valence-corrected chi connectivity index (χ4v) is 2.85. The molecule has 0 aliphatic heterocycles. The number of hydrogen-bond acceptors (Lipinski definition) is 6. The predicted octanol–water partition coefficient (Wildman–Crippen LogP) is 2.08. The third-order valence-corrected chi connectivity index (χ3v) is 3.82. The van der Waals surface area contributed by atoms with Gasteiger partial charge in [-0.05, 0) is 13.3 Å². The zero-order valence-corrected chi connectivity index (χ0v) is 11.9. The first-order valence-electron chi connectivity index (χ1n) is 6.14. The molecule has 0 radical (unpaired) electrons. The number of hydrogen-bond donors (Lipinski definition) is 1. The van der Waals surface area contributed by atoms with Gasteiger partial charge in [-0.1, -0.05) is 18.3 Å². The number of thiazole rings is 1. The van der Waals surface area contributed by atoms with Crippen molar-refractivity contribution in [3.63, 3.8) is 0 Å². The molecule has 3 aromatic rings. The van der Waals surface area contributed by atoms with Crippen molar-refractivity contribution in [3.8, 4) is 0 Å². The summed E-state index contributed by atoms with van der Waals surface area (Å²) in [6.07, 6.45) is 2.76. The summed E-state index contributed by atoms with van der Waals surface area (Å²) in [5.74, 6) is 0.582. The summed E-state index contributed by atoms with van der Waals surface area (Å²) < 4.78 is 4.70. The molecule has 0 aromatic carbocycles. The van der Waals surface area contributed by atoms with Gasteiger partial charge in [0, 0.05) is 13.6 Å². The number of nitrogens with one attached hydrogen (secondary N) is 1. The highest BCUT2D eigenvalue weighted by atomic mass is 32.1. The molecule has 0 bridgehead atoms. The van der Waals surface area contributed by atoms with Crippen LogP contribution >= 0.6 is 11.3 Å². The molecule has 7 nitrogen and oxygen atoms in total. The maximum Gasteiger partial charge on any atom is 0.248 e. The van der Waals surface area contributed by atoms with E-state index in [0.717, 1.165) is 34.1 Å². The highest BCUT2D eigenvalue weighted by Gasteiger charge is 2.12. The summed E-state index contributed by atoms with van der Waals surface area (Å²) in [5.41, 5.74) is 1.88. The molecule has 0 saturated carbocycles. The van der Waals surface area contributed by atoms with Crippen molar-refractivity contribution < 1.29 is 0 Å². The summed E-state index contributed by atoms with van der Waals surface area (Å²) in [7, 11) is 1.90. The van der Waals surface area contributed by atoms with Gasteiger partial charge in [0.15, 0.2) is 10.8 Å². The Hall–Kier alpha value is -1.96. The van der Waals surface area contributed by atoms with Crippen LogP contribution in [0.15, 0.2) is 6.33 Å². The van der Waals surface area contributed by atoms with Gasteiger partial charge in [-0.25, -0.2) is 9.67 Å². The largest absolute Gasteiger partial charge is 0.299 e. The van der Waals surface area contributed by atoms with Crippen molar-refractivity contribution in [3.05, 3.63) is 12.0 Å². The third-order valence-electron chi connectivity index (χ3n) is 2.75. The van der Waals surface area contributed by atoms with E-state index < -0.39 is 0 Å². The molecule has 1 N–H and O–H groups in total. The van der Waals surface area contributed by atoms with Crippen LogP contribution in [0.4, 0.5) is 11.1 Å². The van der Waals surface area contributed by atoms with E-state index in [0.29, 0.717) is 5.95 Å². The van der Waals surface area contributed by atoms with Gasteiger partial charge < -0.3 is 0 Å². The first-order valence-corrected chi connectivity index (χ1v) is 6.95. The summed E-state index contributed by atoms with van der Waals surface area (Å²) in [4.78, 5) is 8.72. The fraction of sp³-hybridized carbons (Fsp3) is 0.455. The minimum Gasteiger partial charge on any atom is -0.299 e. The predicted molar refractivity (Wildman–Crippen MR) is 74.7 cm³/mol. The standard InChI is InChI=1S/C11H15N7S/c1-4-5-18-6-12-10(16-18)14-11-13-9-8(19-11)7(2)15-17(9)3/h6H,4-5H2,1-3H3,(H,13,14,16). The topological polar surface area (TPSA) is 73.5 Å². The molecule has 0 spiro atoms. The van der Waals surface area contributed by atoms with E-state index >= 15 is 0 Å². The van der Waals surface area contributed by atoms with Gasteiger partial charge in [0.25, 0.3) is 0 Å². The van der Waals surface area contributed by atoms with Gasteiger partial charge in [-0.15, -0.1) is 5.10 Å². The molecule has 0 atom stereocenters. The highest BCUT2D eigenvalue weighted by molar-refractivity contribution is 7.22. The molecule has 8 heteroatoms. The number of aryl methyl sites for hydroxylation is 3. The Balaban J connectivity index is 1.85. The molecule has 0 aliphatic rings. The zero-order chi connectivity index (χ0) is 13.4. The first kappa shape index (κ1) is 12.1. The van der Waals surface area contributed by atoms with Crippen LogP contribution in [0.25, 0.3) is 10.3 Å². The Morgan fingerprint density at radius 1 is 1.37 bits per heavy atom. The summed E-state index contributed by atoms with van der Waals surface area (Å²) in [5, 5.41) is 12.6. The smallest absolute Gasteiger partial charge is 0.248 e. The molecule has 100 valence electrons. The van der Waals surface area contributed by atoms with Crippen LogP contribution in [0.5, 0.6) is 0 Å². The van der Waals surface area contributed by atoms with Crippen LogP contribution in [0.2, 0.25) is 0 Å². The number of fused-ring (bicyclic) bond motifs is 1. The van der Waals surface area contributed by atoms with Gasteiger partial charge in [-0.3, -0.25) is 10.00 Å². The molecule has 0 saturated heterocycles. The Morgan fingerprint density at radius 2 is 2.21 bits per heavy atom. The van der Waals surface area contributed by atoms with E-state index in [9.17, 15) is 0 Å². The summed E-state index contributed by atoms with van der Waals surface area (Å²) in [6, 6.07) is 0. The van der Waals surface area contributed by atoms with Gasteiger partial charge in [0.1, 0.15) is 6.33 Å². The lowest BCUT2D eigenvalue weighted by atomic mass is 10.5. The molecule has 3 aromatic heterocycles. The number of anilines is 2. The van der Waals surface area contributed by atoms with Crippen LogP contribution in [0.1, 0.15) is 19.0 Å². The SMILES string of the molecule is CCCn1cnc(Nc2nc3c(s2)c(C)nn3C)n1. The van der Waals surface area contributed by atoms with E-state index in [1.165, 1.54) is 0 Å². The average molecular weight is 277 g/mol. The Bertz CT molecular complexity index is 673. The third kappa shape index (κ3) is 2.19. The minimum atomic E-state index is 0.582. The molecule has 19 heavy (non-hydrogen) atoms. The fourth-order valence-electron chi connectivity index (χ4n) is 1.92. The zero-order valence-electron chi connectivity index (χ0n) is 11.1. The maximum atomic E-state index is 4.50. The molecular formula is C11H15N7S. The molecule has 0 amide bonds. The van der Waals surface area contributed by atoms with Crippen LogP contribution in [0, 0.1) is 6.92 Å². The second-order valence-electron chi connectivity index (χ2n) is 4.34. The second kappa shape index (κ2) is 4.61. The van der Waals surface area contributed by atoms with Crippen molar-refractivity contribution in [2.75, 3.05) is 5.32 Å². The van der Waals surface area contributed by atoms with E-state index in [1.807, 2.05) is 18.7 Å². The lowest BCUT2D eigenvalue weighted by molar-refractivity contribution is 0.603. The van der Waals surface area contributed by atoms with Crippen molar-refractivity contribution in [2.45, 2.75) is 26.8 Å². The summed E-state index contributed by atoms with van der Waals surface area (Å²) in [6.45, 7) is 4.97. The maximum absolute atomic E-state index is 4.50. The lowest BCUT2D eigenvalue weighted by Gasteiger charge is -1.96. The average Bonchev–Trinajstić information content (AvgIpc) is 3.02. The molecular weight excluding hydrogens is 262 g/mol. The van der Waals surface area contributed by atoms with Gasteiger partial charge in [0.2, 0.25) is 5.95 Å². The Labute approximate surface area is 114 Å². The molecule has 0 fully saturated rings. The van der Waals surface area contributed by atoms with Gasteiger partial charge in [0.05, 0.1) is 10.4 Å². The van der Waals surface area contributed by atoms with Crippen LogP contribution in [-0.2, 0) is 13.6 Å². The quantitative estimate of drug-likeness (QED) is 0.790. The summed E-state index contributed by atoms with van der Waals surface area (Å²) >= 11 is 1.57. The van der Waals surface area contributed by atoms with Gasteiger partial charge >= 0.3 is 0 Å². The van der Waals surface area contributed by atoms with Crippen molar-refractivity contribution in [1.29, 1.82) is 0 Å². The lowest BCUT2D eigenvalue weighted by Crippen LogP contribution is -1.99. The minimum absolute atomic E-state index is 0.582. The number of nitrogens with zero attached hydrogens (tertiary/aromatic N) is 6. The monoisotopic (exact) mass is 277 g/mol. The van der Waals surface area contributed by atoms with Crippen molar-refractivity contribution >= 4 is 32.8 Å². The molecule has 0 unspecified atom stereocenters. The van der Waals surface area contributed by atoms with Crippen molar-refractivity contribution in [2.24, 2.45) is 7.05 Å². The van der Waals surface area contributed by atoms with Crippen LogP contribution in [-0.4, -0.2) is 29.5 Å². The van der Waals surface area contributed by atoms with E-state index in [1.54, 1.807) is 22.3 Å². The normalized spacial score (nSPS) is 11.3. The van der Waals surface area contributed by atoms with Crippen LogP contribution < -0.4 is 5.32 Å². The Kier molecular flexibility index (Phi) is 2.94.